The van der Waals surface area contributed by atoms with Crippen molar-refractivity contribution in [2.75, 3.05) is 20.3 Å². The molecule has 1 aromatic heterocycles. The van der Waals surface area contributed by atoms with Crippen LogP contribution in [0.4, 0.5) is 4.79 Å². The van der Waals surface area contributed by atoms with Gasteiger partial charge in [-0.25, -0.2) is 4.79 Å². The minimum absolute atomic E-state index is 0.251. The zero-order valence-electron chi connectivity index (χ0n) is 18.6. The van der Waals surface area contributed by atoms with Gasteiger partial charge in [0.15, 0.2) is 5.78 Å². The molecule has 1 N–H and O–H groups in total. The highest BCUT2D eigenvalue weighted by Crippen LogP contribution is 2.32. The molecule has 2 heterocycles. The van der Waals surface area contributed by atoms with Crippen molar-refractivity contribution in [3.63, 3.8) is 0 Å². The third kappa shape index (κ3) is 3.57. The molecule has 1 saturated heterocycles. The first-order valence-electron chi connectivity index (χ1n) is 10.7. The van der Waals surface area contributed by atoms with Gasteiger partial charge in [0.1, 0.15) is 5.54 Å². The summed E-state index contributed by atoms with van der Waals surface area (Å²) in [5, 5.41) is 2.82. The lowest BCUT2D eigenvalue weighted by Gasteiger charge is -2.23. The first-order valence-corrected chi connectivity index (χ1v) is 10.7. The molecule has 1 atom stereocenters. The molecule has 31 heavy (non-hydrogen) atoms. The Balaban J connectivity index is 1.55. The number of methoxy groups -OCH3 is 1. The summed E-state index contributed by atoms with van der Waals surface area (Å²) < 4.78 is 7.15. The smallest absolute Gasteiger partial charge is 0.325 e. The maximum absolute atomic E-state index is 13.3. The van der Waals surface area contributed by atoms with Crippen LogP contribution in [0.2, 0.25) is 0 Å². The van der Waals surface area contributed by atoms with Gasteiger partial charge in [-0.2, -0.15) is 0 Å². The van der Waals surface area contributed by atoms with E-state index in [4.69, 9.17) is 4.74 Å². The van der Waals surface area contributed by atoms with Gasteiger partial charge in [-0.3, -0.25) is 14.5 Å². The molecule has 0 bridgehead atoms. The number of nitrogens with one attached hydrogen (secondary N) is 1. The van der Waals surface area contributed by atoms with Crippen molar-refractivity contribution in [3.8, 4) is 0 Å². The van der Waals surface area contributed by atoms with Crippen LogP contribution in [-0.4, -0.2) is 47.4 Å². The summed E-state index contributed by atoms with van der Waals surface area (Å²) in [6.07, 6.45) is 3.15. The van der Waals surface area contributed by atoms with Crippen LogP contribution >= 0.6 is 0 Å². The fourth-order valence-corrected chi connectivity index (χ4v) is 4.76. The summed E-state index contributed by atoms with van der Waals surface area (Å²) >= 11 is 0. The summed E-state index contributed by atoms with van der Waals surface area (Å²) in [6, 6.07) is 7.26. The van der Waals surface area contributed by atoms with Crippen molar-refractivity contribution in [2.24, 2.45) is 0 Å². The number of ether oxygens (including phenoxy) is 1. The number of hydrogen-bond donors (Lipinski definition) is 1. The van der Waals surface area contributed by atoms with E-state index >= 15 is 0 Å². The Labute approximate surface area is 182 Å². The molecule has 2 aromatic rings. The minimum Gasteiger partial charge on any atom is -0.383 e. The van der Waals surface area contributed by atoms with E-state index in [0.717, 1.165) is 41.1 Å². The molecule has 3 amide bonds. The van der Waals surface area contributed by atoms with Gasteiger partial charge < -0.3 is 14.6 Å². The molecule has 0 spiro atoms. The maximum atomic E-state index is 13.3. The third-order valence-electron chi connectivity index (χ3n) is 6.65. The Bertz CT molecular complexity index is 1070. The van der Waals surface area contributed by atoms with Crippen molar-refractivity contribution < 1.29 is 19.1 Å². The van der Waals surface area contributed by atoms with Crippen LogP contribution in [0.5, 0.6) is 0 Å². The van der Waals surface area contributed by atoms with Crippen LogP contribution in [0.25, 0.3) is 0 Å². The number of ketones is 1. The second-order valence-corrected chi connectivity index (χ2v) is 8.64. The molecule has 4 rings (SSSR count). The summed E-state index contributed by atoms with van der Waals surface area (Å²) in [5.74, 6) is -0.643. The molecule has 0 radical (unpaired) electrons. The van der Waals surface area contributed by atoms with E-state index in [1.54, 1.807) is 14.0 Å². The summed E-state index contributed by atoms with van der Waals surface area (Å²) in [5.41, 5.74) is 4.43. The Morgan fingerprint density at radius 2 is 1.90 bits per heavy atom. The van der Waals surface area contributed by atoms with Gasteiger partial charge in [0.2, 0.25) is 0 Å². The lowest BCUT2D eigenvalue weighted by molar-refractivity contribution is -0.130. The molecule has 0 unspecified atom stereocenters. The lowest BCUT2D eigenvalue weighted by Crippen LogP contribution is -2.41. The molecule has 1 aliphatic carbocycles. The predicted molar refractivity (Wildman–Crippen MR) is 116 cm³/mol. The number of nitrogens with zero attached hydrogens (tertiary/aromatic N) is 2. The van der Waals surface area contributed by atoms with E-state index in [0.29, 0.717) is 18.7 Å². The van der Waals surface area contributed by atoms with Crippen LogP contribution in [0.1, 0.15) is 51.8 Å². The molecule has 0 saturated carbocycles. The predicted octanol–water partition coefficient (Wildman–Crippen LogP) is 2.89. The average molecular weight is 424 g/mol. The fourth-order valence-electron chi connectivity index (χ4n) is 4.76. The Kier molecular flexibility index (Phi) is 5.47. The van der Waals surface area contributed by atoms with Gasteiger partial charge in [-0.15, -0.1) is 0 Å². The SMILES string of the molecule is COCCn1c(C)cc(C(=O)CN2C(=O)N[C@](C)(c3ccc4c(c3)CCC4)C2=O)c1C. The monoisotopic (exact) mass is 423 g/mol. The number of urea groups is 1. The number of carbonyl (C=O) groups is 3. The van der Waals surface area contributed by atoms with Crippen LogP contribution in [0.3, 0.4) is 0 Å². The molecule has 7 nitrogen and oxygen atoms in total. The van der Waals surface area contributed by atoms with Gasteiger partial charge >= 0.3 is 6.03 Å². The number of amides is 3. The third-order valence-corrected chi connectivity index (χ3v) is 6.65. The number of benzene rings is 1. The number of fused-ring (bicyclic) bond motifs is 1. The van der Waals surface area contributed by atoms with Crippen molar-refractivity contribution >= 4 is 17.7 Å². The molecule has 1 aliphatic heterocycles. The molecule has 1 aromatic carbocycles. The molecule has 1 fully saturated rings. The highest BCUT2D eigenvalue weighted by Gasteiger charge is 2.49. The van der Waals surface area contributed by atoms with E-state index in [1.807, 2.05) is 42.7 Å². The molecule has 7 heteroatoms. The highest BCUT2D eigenvalue weighted by atomic mass is 16.5. The number of Topliss-reactive ketones (excluding diaryl/α,β-unsaturated/α-hetero) is 1. The molecular formula is C24H29N3O4. The molecular weight excluding hydrogens is 394 g/mol. The van der Waals surface area contributed by atoms with Crippen molar-refractivity contribution in [2.45, 2.75) is 52.1 Å². The molecule has 2 aliphatic rings. The first kappa shape index (κ1) is 21.3. The average Bonchev–Trinajstić information content (AvgIpc) is 3.38. The van der Waals surface area contributed by atoms with Crippen LogP contribution < -0.4 is 5.32 Å². The second kappa shape index (κ2) is 7.96. The molecule has 164 valence electrons. The van der Waals surface area contributed by atoms with E-state index in [9.17, 15) is 14.4 Å². The van der Waals surface area contributed by atoms with E-state index in [2.05, 4.69) is 5.32 Å². The Morgan fingerprint density at radius 1 is 1.16 bits per heavy atom. The van der Waals surface area contributed by atoms with Gasteiger partial charge in [0, 0.05) is 30.6 Å². The van der Waals surface area contributed by atoms with Gasteiger partial charge in [-0.05, 0) is 62.8 Å². The topological polar surface area (TPSA) is 80.6 Å². The zero-order valence-corrected chi connectivity index (χ0v) is 18.6. The van der Waals surface area contributed by atoms with Crippen LogP contribution in [0, 0.1) is 13.8 Å². The van der Waals surface area contributed by atoms with Gasteiger partial charge in [-0.1, -0.05) is 18.2 Å². The Hall–Kier alpha value is -2.93. The number of carbonyl (C=O) groups excluding carboxylic acids is 3. The summed E-state index contributed by atoms with van der Waals surface area (Å²) in [6.45, 7) is 6.41. The van der Waals surface area contributed by atoms with Gasteiger partial charge in [0.05, 0.1) is 13.2 Å². The number of imide groups is 1. The number of aryl methyl sites for hydroxylation is 3. The summed E-state index contributed by atoms with van der Waals surface area (Å²) in [4.78, 5) is 40.0. The highest BCUT2D eigenvalue weighted by molar-refractivity contribution is 6.11. The zero-order chi connectivity index (χ0) is 22.3. The quantitative estimate of drug-likeness (QED) is 0.549. The second-order valence-electron chi connectivity index (χ2n) is 8.64. The minimum atomic E-state index is -1.16. The number of aromatic nitrogens is 1. The van der Waals surface area contributed by atoms with Crippen LogP contribution in [-0.2, 0) is 34.5 Å². The number of rotatable bonds is 7. The van der Waals surface area contributed by atoms with Gasteiger partial charge in [0.25, 0.3) is 5.91 Å². The van der Waals surface area contributed by atoms with Crippen molar-refractivity contribution in [3.05, 3.63) is 57.9 Å². The normalized spacial score (nSPS) is 20.3. The summed E-state index contributed by atoms with van der Waals surface area (Å²) in [7, 11) is 1.63. The van der Waals surface area contributed by atoms with E-state index < -0.39 is 17.5 Å². The first-order chi connectivity index (χ1) is 14.8. The van der Waals surface area contributed by atoms with Crippen LogP contribution in [0.15, 0.2) is 24.3 Å². The fraction of sp³-hybridized carbons (Fsp3) is 0.458. The standard InChI is InChI=1S/C24H29N3O4/c1-15-12-20(16(2)26(15)10-11-31-4)21(28)14-27-22(29)24(3,25-23(27)30)19-9-8-17-6-5-7-18(17)13-19/h8-9,12-13H,5-7,10-11,14H2,1-4H3,(H,25,30)/t24-/m1/s1. The van der Waals surface area contributed by atoms with Crippen molar-refractivity contribution in [1.82, 2.24) is 14.8 Å². The van der Waals surface area contributed by atoms with E-state index in [1.165, 1.54) is 11.1 Å². The lowest BCUT2D eigenvalue weighted by atomic mass is 9.89. The largest absolute Gasteiger partial charge is 0.383 e. The van der Waals surface area contributed by atoms with E-state index in [-0.39, 0.29) is 12.3 Å². The Morgan fingerprint density at radius 3 is 2.65 bits per heavy atom. The van der Waals surface area contributed by atoms with Crippen molar-refractivity contribution in [1.29, 1.82) is 0 Å². The maximum Gasteiger partial charge on any atom is 0.325 e. The number of hydrogen-bond acceptors (Lipinski definition) is 4.